The summed E-state index contributed by atoms with van der Waals surface area (Å²) in [6, 6.07) is 6.07. The van der Waals surface area contributed by atoms with Gasteiger partial charge in [-0.15, -0.1) is 11.3 Å². The van der Waals surface area contributed by atoms with Crippen LogP contribution in [0.1, 0.15) is 10.4 Å². The van der Waals surface area contributed by atoms with Crippen molar-refractivity contribution in [2.24, 2.45) is 5.73 Å². The van der Waals surface area contributed by atoms with Crippen LogP contribution in [0.25, 0.3) is 0 Å². The first-order valence-corrected chi connectivity index (χ1v) is 6.71. The number of amides is 1. The number of phenols is 1. The van der Waals surface area contributed by atoms with E-state index in [-0.39, 0.29) is 11.7 Å². The Hall–Kier alpha value is -1.92. The van der Waals surface area contributed by atoms with E-state index in [2.05, 4.69) is 10.3 Å². The van der Waals surface area contributed by atoms with Gasteiger partial charge in [0.25, 0.3) is 0 Å². The summed E-state index contributed by atoms with van der Waals surface area (Å²) in [4.78, 5) is 16.7. The fourth-order valence-electron chi connectivity index (χ4n) is 1.61. The third kappa shape index (κ3) is 4.04. The average Bonchev–Trinajstić information content (AvgIpc) is 2.91. The van der Waals surface area contributed by atoms with E-state index < -0.39 is 6.04 Å². The molecule has 0 bridgehead atoms. The molecule has 19 heavy (non-hydrogen) atoms. The molecule has 0 aliphatic heterocycles. The fourth-order valence-corrected chi connectivity index (χ4v) is 2.15. The second-order valence-electron chi connectivity index (χ2n) is 4.16. The van der Waals surface area contributed by atoms with Crippen molar-refractivity contribution in [3.63, 3.8) is 0 Å². The predicted octanol–water partition coefficient (Wildman–Crippen LogP) is 1.03. The Kier molecular flexibility index (Phi) is 4.48. The molecule has 1 amide bonds. The standard InChI is InChI=1S/C13H15N3O2S/c14-12(5-9-1-3-10(17)4-2-9)13(18)16-7-11-6-15-8-19-11/h1-4,6,8,12,17H,5,7,14H2,(H,16,18)/t12-/m0/s1. The highest BCUT2D eigenvalue weighted by atomic mass is 32.1. The normalized spacial score (nSPS) is 12.1. The van der Waals surface area contributed by atoms with Gasteiger partial charge < -0.3 is 16.2 Å². The van der Waals surface area contributed by atoms with Gasteiger partial charge in [0, 0.05) is 11.1 Å². The van der Waals surface area contributed by atoms with E-state index in [4.69, 9.17) is 5.73 Å². The summed E-state index contributed by atoms with van der Waals surface area (Å²) < 4.78 is 0. The first-order valence-electron chi connectivity index (χ1n) is 5.83. The third-order valence-corrected chi connectivity index (χ3v) is 3.43. The lowest BCUT2D eigenvalue weighted by atomic mass is 10.1. The monoisotopic (exact) mass is 277 g/mol. The first-order chi connectivity index (χ1) is 9.15. The van der Waals surface area contributed by atoms with Crippen molar-refractivity contribution in [3.05, 3.63) is 46.4 Å². The molecule has 1 heterocycles. The van der Waals surface area contributed by atoms with Crippen LogP contribution in [0.5, 0.6) is 5.75 Å². The predicted molar refractivity (Wildman–Crippen MR) is 73.7 cm³/mol. The van der Waals surface area contributed by atoms with E-state index in [0.717, 1.165) is 10.4 Å². The van der Waals surface area contributed by atoms with Gasteiger partial charge in [-0.1, -0.05) is 12.1 Å². The number of rotatable bonds is 5. The number of phenolic OH excluding ortho intramolecular Hbond substituents is 1. The Morgan fingerprint density at radius 2 is 2.16 bits per heavy atom. The van der Waals surface area contributed by atoms with E-state index in [1.54, 1.807) is 36.0 Å². The van der Waals surface area contributed by atoms with Gasteiger partial charge in [-0.05, 0) is 24.1 Å². The van der Waals surface area contributed by atoms with E-state index in [1.165, 1.54) is 11.3 Å². The van der Waals surface area contributed by atoms with Crippen molar-refractivity contribution in [1.82, 2.24) is 10.3 Å². The number of hydrogen-bond acceptors (Lipinski definition) is 5. The van der Waals surface area contributed by atoms with Crippen molar-refractivity contribution in [2.45, 2.75) is 19.0 Å². The van der Waals surface area contributed by atoms with Crippen molar-refractivity contribution in [3.8, 4) is 5.75 Å². The number of hydrogen-bond donors (Lipinski definition) is 3. The molecule has 0 saturated carbocycles. The molecule has 2 aromatic rings. The van der Waals surface area contributed by atoms with Gasteiger partial charge in [0.1, 0.15) is 5.75 Å². The largest absolute Gasteiger partial charge is 0.508 e. The number of nitrogens with zero attached hydrogens (tertiary/aromatic N) is 1. The molecule has 0 aliphatic carbocycles. The molecule has 100 valence electrons. The lowest BCUT2D eigenvalue weighted by Gasteiger charge is -2.11. The van der Waals surface area contributed by atoms with E-state index >= 15 is 0 Å². The van der Waals surface area contributed by atoms with Crippen LogP contribution in [0.4, 0.5) is 0 Å². The zero-order chi connectivity index (χ0) is 13.7. The average molecular weight is 277 g/mol. The topological polar surface area (TPSA) is 88.2 Å². The molecule has 1 aromatic carbocycles. The molecule has 0 aliphatic rings. The van der Waals surface area contributed by atoms with Crippen LogP contribution in [-0.2, 0) is 17.8 Å². The summed E-state index contributed by atoms with van der Waals surface area (Å²) in [6.07, 6.45) is 2.16. The molecule has 0 radical (unpaired) electrons. The number of aromatic nitrogens is 1. The maximum atomic E-state index is 11.8. The Bertz CT molecular complexity index is 525. The Morgan fingerprint density at radius 3 is 2.79 bits per heavy atom. The highest BCUT2D eigenvalue weighted by Crippen LogP contribution is 2.11. The minimum Gasteiger partial charge on any atom is -0.508 e. The van der Waals surface area contributed by atoms with Gasteiger partial charge in [-0.2, -0.15) is 0 Å². The number of benzene rings is 1. The number of aromatic hydroxyl groups is 1. The van der Waals surface area contributed by atoms with Crippen LogP contribution >= 0.6 is 11.3 Å². The number of carbonyl (C=O) groups is 1. The summed E-state index contributed by atoms with van der Waals surface area (Å²) in [5.41, 5.74) is 8.48. The molecule has 0 saturated heterocycles. The maximum Gasteiger partial charge on any atom is 0.237 e. The number of nitrogens with one attached hydrogen (secondary N) is 1. The molecular formula is C13H15N3O2S. The zero-order valence-electron chi connectivity index (χ0n) is 10.2. The summed E-state index contributed by atoms with van der Waals surface area (Å²) in [5.74, 6) is 0.00782. The summed E-state index contributed by atoms with van der Waals surface area (Å²) in [6.45, 7) is 0.451. The van der Waals surface area contributed by atoms with Crippen LogP contribution in [-0.4, -0.2) is 22.0 Å². The summed E-state index contributed by atoms with van der Waals surface area (Å²) in [5, 5.41) is 11.9. The third-order valence-electron chi connectivity index (χ3n) is 2.65. The van der Waals surface area contributed by atoms with Crippen LogP contribution in [0.2, 0.25) is 0 Å². The lowest BCUT2D eigenvalue weighted by Crippen LogP contribution is -2.41. The van der Waals surface area contributed by atoms with Gasteiger partial charge in [0.2, 0.25) is 5.91 Å². The molecule has 1 atom stereocenters. The van der Waals surface area contributed by atoms with Crippen LogP contribution < -0.4 is 11.1 Å². The highest BCUT2D eigenvalue weighted by molar-refractivity contribution is 7.09. The van der Waals surface area contributed by atoms with Gasteiger partial charge in [-0.3, -0.25) is 9.78 Å². The molecule has 2 rings (SSSR count). The number of carbonyl (C=O) groups excluding carboxylic acids is 1. The smallest absolute Gasteiger partial charge is 0.237 e. The fraction of sp³-hybridized carbons (Fsp3) is 0.231. The molecule has 0 unspecified atom stereocenters. The first kappa shape index (κ1) is 13.5. The van der Waals surface area contributed by atoms with Crippen molar-refractivity contribution in [2.75, 3.05) is 0 Å². The van der Waals surface area contributed by atoms with Crippen molar-refractivity contribution >= 4 is 17.2 Å². The van der Waals surface area contributed by atoms with E-state index in [0.29, 0.717) is 13.0 Å². The van der Waals surface area contributed by atoms with Crippen LogP contribution in [0, 0.1) is 0 Å². The minimum atomic E-state index is -0.600. The van der Waals surface area contributed by atoms with Crippen molar-refractivity contribution in [1.29, 1.82) is 0 Å². The molecular weight excluding hydrogens is 262 g/mol. The second-order valence-corrected chi connectivity index (χ2v) is 5.13. The van der Waals surface area contributed by atoms with E-state index in [9.17, 15) is 9.90 Å². The highest BCUT2D eigenvalue weighted by Gasteiger charge is 2.13. The van der Waals surface area contributed by atoms with Gasteiger partial charge in [0.05, 0.1) is 18.1 Å². The van der Waals surface area contributed by atoms with Crippen LogP contribution in [0.3, 0.4) is 0 Å². The van der Waals surface area contributed by atoms with Gasteiger partial charge in [0.15, 0.2) is 0 Å². The number of thiazole rings is 1. The Balaban J connectivity index is 1.83. The van der Waals surface area contributed by atoms with Crippen LogP contribution in [0.15, 0.2) is 36.0 Å². The molecule has 6 heteroatoms. The SMILES string of the molecule is N[C@@H](Cc1ccc(O)cc1)C(=O)NCc1cncs1. The number of nitrogens with two attached hydrogens (primary N) is 1. The quantitative estimate of drug-likeness (QED) is 0.762. The zero-order valence-corrected chi connectivity index (χ0v) is 11.1. The Morgan fingerprint density at radius 1 is 1.42 bits per heavy atom. The lowest BCUT2D eigenvalue weighted by molar-refractivity contribution is -0.122. The van der Waals surface area contributed by atoms with Crippen molar-refractivity contribution < 1.29 is 9.90 Å². The summed E-state index contributed by atoms with van der Waals surface area (Å²) >= 11 is 1.49. The molecule has 0 spiro atoms. The van der Waals surface area contributed by atoms with Gasteiger partial charge >= 0.3 is 0 Å². The molecule has 0 fully saturated rings. The minimum absolute atomic E-state index is 0.193. The van der Waals surface area contributed by atoms with Gasteiger partial charge in [-0.25, -0.2) is 0 Å². The second kappa shape index (κ2) is 6.31. The van der Waals surface area contributed by atoms with E-state index in [1.807, 2.05) is 0 Å². The molecule has 5 nitrogen and oxygen atoms in total. The Labute approximate surface area is 115 Å². The molecule has 4 N–H and O–H groups in total. The maximum absolute atomic E-state index is 11.8. The summed E-state index contributed by atoms with van der Waals surface area (Å²) in [7, 11) is 0. The molecule has 1 aromatic heterocycles.